The van der Waals surface area contributed by atoms with Crippen LogP contribution in [0.3, 0.4) is 0 Å². The number of carbonyl (C=O) groups excluding carboxylic acids is 2. The third-order valence-electron chi connectivity index (χ3n) is 6.07. The maximum atomic E-state index is 12.4. The standard InChI is InChI=1S/C21H26N4O2/c26-19(6-5-17-4-2-10-23-17)25-11-7-21(8-12-25)13-18(14-21)24-20(27)16-3-1-9-22-15-16/h1-4,9-10,15,18,23H,5-8,11-14H2,(H,24,27). The van der Waals surface area contributed by atoms with Crippen molar-refractivity contribution >= 4 is 11.8 Å². The lowest BCUT2D eigenvalue weighted by Gasteiger charge is -2.52. The first-order chi connectivity index (χ1) is 13.1. The van der Waals surface area contributed by atoms with Gasteiger partial charge in [0.2, 0.25) is 5.91 Å². The number of carbonyl (C=O) groups is 2. The van der Waals surface area contributed by atoms with Crippen LogP contribution in [0.15, 0.2) is 42.9 Å². The molecule has 4 rings (SSSR count). The smallest absolute Gasteiger partial charge is 0.253 e. The van der Waals surface area contributed by atoms with Gasteiger partial charge in [-0.25, -0.2) is 0 Å². The fraction of sp³-hybridized carbons (Fsp3) is 0.476. The second kappa shape index (κ2) is 7.55. The van der Waals surface area contributed by atoms with E-state index in [-0.39, 0.29) is 17.9 Å². The molecule has 1 spiro atoms. The number of aryl methyl sites for hydroxylation is 1. The van der Waals surface area contributed by atoms with Crippen molar-refractivity contribution in [3.8, 4) is 0 Å². The van der Waals surface area contributed by atoms with E-state index < -0.39 is 0 Å². The predicted molar refractivity (Wildman–Crippen MR) is 102 cm³/mol. The average molecular weight is 366 g/mol. The number of aromatic nitrogens is 2. The molecule has 1 saturated carbocycles. The van der Waals surface area contributed by atoms with E-state index in [1.54, 1.807) is 24.5 Å². The molecule has 2 aliphatic rings. The fourth-order valence-corrected chi connectivity index (χ4v) is 4.41. The highest BCUT2D eigenvalue weighted by Crippen LogP contribution is 2.49. The van der Waals surface area contributed by atoms with E-state index in [0.717, 1.165) is 50.9 Å². The Morgan fingerprint density at radius 1 is 1.22 bits per heavy atom. The Labute approximate surface area is 159 Å². The van der Waals surface area contributed by atoms with E-state index in [4.69, 9.17) is 0 Å². The first-order valence-electron chi connectivity index (χ1n) is 9.75. The maximum absolute atomic E-state index is 12.4. The Kier molecular flexibility index (Phi) is 4.97. The number of likely N-dealkylation sites (tertiary alicyclic amines) is 1. The van der Waals surface area contributed by atoms with Gasteiger partial charge in [0, 0.05) is 49.8 Å². The van der Waals surface area contributed by atoms with Crippen molar-refractivity contribution in [2.45, 2.75) is 44.6 Å². The second-order valence-corrected chi connectivity index (χ2v) is 7.90. The fourth-order valence-electron chi connectivity index (χ4n) is 4.41. The van der Waals surface area contributed by atoms with Crippen molar-refractivity contribution < 1.29 is 9.59 Å². The van der Waals surface area contributed by atoms with Crippen LogP contribution in [-0.2, 0) is 11.2 Å². The Morgan fingerprint density at radius 2 is 2.04 bits per heavy atom. The molecule has 0 unspecified atom stereocenters. The Hall–Kier alpha value is -2.63. The van der Waals surface area contributed by atoms with Gasteiger partial charge in [0.25, 0.3) is 5.91 Å². The molecule has 2 N–H and O–H groups in total. The van der Waals surface area contributed by atoms with Crippen molar-refractivity contribution in [3.05, 3.63) is 54.1 Å². The minimum absolute atomic E-state index is 0.0418. The highest BCUT2D eigenvalue weighted by Gasteiger charge is 2.46. The minimum atomic E-state index is -0.0418. The van der Waals surface area contributed by atoms with Gasteiger partial charge >= 0.3 is 0 Å². The molecule has 0 bridgehead atoms. The first-order valence-corrected chi connectivity index (χ1v) is 9.75. The van der Waals surface area contributed by atoms with Crippen molar-refractivity contribution in [1.82, 2.24) is 20.2 Å². The third-order valence-corrected chi connectivity index (χ3v) is 6.07. The van der Waals surface area contributed by atoms with Crippen molar-refractivity contribution in [1.29, 1.82) is 0 Å². The van der Waals surface area contributed by atoms with Crippen LogP contribution >= 0.6 is 0 Å². The van der Waals surface area contributed by atoms with Crippen molar-refractivity contribution in [2.75, 3.05) is 13.1 Å². The summed E-state index contributed by atoms with van der Waals surface area (Å²) in [4.78, 5) is 33.8. The summed E-state index contributed by atoms with van der Waals surface area (Å²) in [5.41, 5.74) is 2.03. The van der Waals surface area contributed by atoms with E-state index in [0.29, 0.717) is 17.4 Å². The molecule has 142 valence electrons. The number of piperidine rings is 1. The number of aromatic amines is 1. The first kappa shape index (κ1) is 17.8. The summed E-state index contributed by atoms with van der Waals surface area (Å²) >= 11 is 0. The summed E-state index contributed by atoms with van der Waals surface area (Å²) in [7, 11) is 0. The molecule has 27 heavy (non-hydrogen) atoms. The zero-order chi connectivity index (χ0) is 18.7. The number of hydrogen-bond acceptors (Lipinski definition) is 3. The van der Waals surface area contributed by atoms with Gasteiger partial charge < -0.3 is 15.2 Å². The van der Waals surface area contributed by atoms with Crippen LogP contribution in [0.25, 0.3) is 0 Å². The maximum Gasteiger partial charge on any atom is 0.253 e. The zero-order valence-corrected chi connectivity index (χ0v) is 15.5. The number of nitrogens with zero attached hydrogens (tertiary/aromatic N) is 2. The van der Waals surface area contributed by atoms with Crippen molar-refractivity contribution in [3.63, 3.8) is 0 Å². The van der Waals surface area contributed by atoms with Gasteiger partial charge in [0.15, 0.2) is 0 Å². The van der Waals surface area contributed by atoms with Crippen LogP contribution in [-0.4, -0.2) is 45.8 Å². The summed E-state index contributed by atoms with van der Waals surface area (Å²) in [5, 5.41) is 3.11. The van der Waals surface area contributed by atoms with Crippen LogP contribution in [0.1, 0.15) is 48.2 Å². The number of amides is 2. The van der Waals surface area contributed by atoms with Gasteiger partial charge in [-0.2, -0.15) is 0 Å². The quantitative estimate of drug-likeness (QED) is 0.854. The second-order valence-electron chi connectivity index (χ2n) is 7.90. The van der Waals surface area contributed by atoms with Gasteiger partial charge in [-0.05, 0) is 61.8 Å². The highest BCUT2D eigenvalue weighted by atomic mass is 16.2. The molecule has 3 heterocycles. The molecule has 1 aliphatic carbocycles. The molecular formula is C21H26N4O2. The molecule has 6 nitrogen and oxygen atoms in total. The number of pyridine rings is 1. The molecule has 2 amide bonds. The molecule has 0 atom stereocenters. The molecule has 2 aromatic heterocycles. The summed E-state index contributed by atoms with van der Waals surface area (Å²) in [6.07, 6.45) is 10.6. The molecule has 1 aliphatic heterocycles. The largest absolute Gasteiger partial charge is 0.365 e. The third kappa shape index (κ3) is 4.04. The minimum Gasteiger partial charge on any atom is -0.365 e. The van der Waals surface area contributed by atoms with Crippen LogP contribution < -0.4 is 5.32 Å². The lowest BCUT2D eigenvalue weighted by atomic mass is 9.60. The average Bonchev–Trinajstić information content (AvgIpc) is 3.20. The topological polar surface area (TPSA) is 78.1 Å². The Morgan fingerprint density at radius 3 is 2.70 bits per heavy atom. The molecule has 2 fully saturated rings. The molecule has 2 aromatic rings. The summed E-state index contributed by atoms with van der Waals surface area (Å²) in [6, 6.07) is 7.79. The molecule has 1 saturated heterocycles. The number of nitrogens with one attached hydrogen (secondary N) is 2. The number of H-pyrrole nitrogens is 1. The van der Waals surface area contributed by atoms with E-state index in [1.807, 2.05) is 23.2 Å². The van der Waals surface area contributed by atoms with E-state index in [2.05, 4.69) is 15.3 Å². The summed E-state index contributed by atoms with van der Waals surface area (Å²) in [6.45, 7) is 1.68. The van der Waals surface area contributed by atoms with Crippen LogP contribution in [0.5, 0.6) is 0 Å². The number of hydrogen-bond donors (Lipinski definition) is 2. The lowest BCUT2D eigenvalue weighted by Crippen LogP contribution is -2.55. The van der Waals surface area contributed by atoms with E-state index in [9.17, 15) is 9.59 Å². The molecular weight excluding hydrogens is 340 g/mol. The highest BCUT2D eigenvalue weighted by molar-refractivity contribution is 5.94. The SMILES string of the molecule is O=C(NC1CC2(CCN(C(=O)CCc3ccc[nH]3)CC2)C1)c1cccnc1. The van der Waals surface area contributed by atoms with Crippen LogP contribution in [0, 0.1) is 5.41 Å². The summed E-state index contributed by atoms with van der Waals surface area (Å²) < 4.78 is 0. The van der Waals surface area contributed by atoms with Gasteiger partial charge in [-0.3, -0.25) is 14.6 Å². The van der Waals surface area contributed by atoms with E-state index in [1.165, 1.54) is 0 Å². The van der Waals surface area contributed by atoms with Gasteiger partial charge in [0.1, 0.15) is 0 Å². The Bertz CT molecular complexity index is 772. The van der Waals surface area contributed by atoms with Crippen LogP contribution in [0.4, 0.5) is 0 Å². The van der Waals surface area contributed by atoms with Crippen LogP contribution in [0.2, 0.25) is 0 Å². The molecule has 0 radical (unpaired) electrons. The van der Waals surface area contributed by atoms with Gasteiger partial charge in [0.05, 0.1) is 5.56 Å². The normalized spacial score (nSPS) is 18.9. The van der Waals surface area contributed by atoms with Gasteiger partial charge in [-0.1, -0.05) is 0 Å². The predicted octanol–water partition coefficient (Wildman–Crippen LogP) is 2.54. The summed E-state index contributed by atoms with van der Waals surface area (Å²) in [5.74, 6) is 0.208. The molecule has 0 aromatic carbocycles. The number of rotatable bonds is 5. The lowest BCUT2D eigenvalue weighted by molar-refractivity contribution is -0.134. The van der Waals surface area contributed by atoms with Crippen molar-refractivity contribution in [2.24, 2.45) is 5.41 Å². The monoisotopic (exact) mass is 366 g/mol. The van der Waals surface area contributed by atoms with Gasteiger partial charge in [-0.15, -0.1) is 0 Å². The Balaban J connectivity index is 1.20. The van der Waals surface area contributed by atoms with E-state index >= 15 is 0 Å². The zero-order valence-electron chi connectivity index (χ0n) is 15.5. The molecule has 6 heteroatoms.